The standard InChI is InChI=1S/C60H40N6/c1-38-24-29-54-49(32-38)46-20-9-11-22-52(46)65(54)56-31-27-45(60-63-58(41-15-5-3-6-16-41)62-59(64-60)42-17-7-4-8-18-42)35-51(56)48-28-26-44(43-19-13-14-40(34-43)37-61)36-57(48)66-53-23-12-10-21-47(53)50-33-39(2)25-30-55(50)66/h3-36H,1-2H3. The molecule has 310 valence electrons. The molecule has 0 spiro atoms. The number of nitrogens with zero attached hydrogens (tertiary/aromatic N) is 6. The third kappa shape index (κ3) is 6.53. The summed E-state index contributed by atoms with van der Waals surface area (Å²) in [7, 11) is 0. The van der Waals surface area contributed by atoms with E-state index in [0.717, 1.165) is 72.4 Å². The van der Waals surface area contributed by atoms with Crippen molar-refractivity contribution in [1.82, 2.24) is 24.1 Å². The van der Waals surface area contributed by atoms with Crippen molar-refractivity contribution in [3.63, 3.8) is 0 Å². The van der Waals surface area contributed by atoms with Crippen LogP contribution in [0.15, 0.2) is 206 Å². The molecule has 0 fully saturated rings. The summed E-state index contributed by atoms with van der Waals surface area (Å²) >= 11 is 0. The van der Waals surface area contributed by atoms with Gasteiger partial charge in [0, 0.05) is 49.4 Å². The van der Waals surface area contributed by atoms with Gasteiger partial charge in [-0.05, 0) is 97.8 Å². The highest BCUT2D eigenvalue weighted by atomic mass is 15.0. The van der Waals surface area contributed by atoms with Gasteiger partial charge >= 0.3 is 0 Å². The van der Waals surface area contributed by atoms with Gasteiger partial charge in [0.25, 0.3) is 0 Å². The first-order valence-corrected chi connectivity index (χ1v) is 22.2. The summed E-state index contributed by atoms with van der Waals surface area (Å²) in [5.74, 6) is 1.79. The second kappa shape index (κ2) is 15.7. The van der Waals surface area contributed by atoms with Crippen LogP contribution in [0.3, 0.4) is 0 Å². The van der Waals surface area contributed by atoms with Crippen LogP contribution >= 0.6 is 0 Å². The summed E-state index contributed by atoms with van der Waals surface area (Å²) in [5.41, 5.74) is 16.2. The first-order chi connectivity index (χ1) is 32.5. The van der Waals surface area contributed by atoms with E-state index in [0.29, 0.717) is 23.0 Å². The van der Waals surface area contributed by atoms with Gasteiger partial charge in [-0.2, -0.15) is 5.26 Å². The number of aromatic nitrogens is 5. The monoisotopic (exact) mass is 844 g/mol. The molecule has 9 aromatic carbocycles. The number of rotatable bonds is 7. The number of hydrogen-bond donors (Lipinski definition) is 0. The van der Waals surface area contributed by atoms with E-state index in [1.807, 2.05) is 78.9 Å². The zero-order valence-corrected chi connectivity index (χ0v) is 36.3. The largest absolute Gasteiger partial charge is 0.309 e. The Bertz CT molecular complexity index is 3850. The topological polar surface area (TPSA) is 72.3 Å². The van der Waals surface area contributed by atoms with Crippen LogP contribution in [0.5, 0.6) is 0 Å². The summed E-state index contributed by atoms with van der Waals surface area (Å²) in [6.45, 7) is 4.31. The minimum absolute atomic E-state index is 0.576. The number of fused-ring (bicyclic) bond motifs is 6. The van der Waals surface area contributed by atoms with E-state index in [1.54, 1.807) is 0 Å². The van der Waals surface area contributed by atoms with E-state index < -0.39 is 0 Å². The molecule has 0 N–H and O–H groups in total. The fraction of sp³-hybridized carbons (Fsp3) is 0.0333. The van der Waals surface area contributed by atoms with Crippen molar-refractivity contribution in [2.45, 2.75) is 13.8 Å². The van der Waals surface area contributed by atoms with Crippen LogP contribution in [0.1, 0.15) is 16.7 Å². The molecule has 0 atom stereocenters. The first kappa shape index (κ1) is 38.7. The van der Waals surface area contributed by atoms with Crippen LogP contribution in [-0.2, 0) is 0 Å². The average Bonchev–Trinajstić information content (AvgIpc) is 3.88. The minimum Gasteiger partial charge on any atom is -0.309 e. The smallest absolute Gasteiger partial charge is 0.164 e. The van der Waals surface area contributed by atoms with E-state index in [2.05, 4.69) is 156 Å². The molecule has 0 saturated heterocycles. The second-order valence-electron chi connectivity index (χ2n) is 16.9. The quantitative estimate of drug-likeness (QED) is 0.160. The molecule has 3 heterocycles. The number of benzene rings is 9. The molecule has 0 amide bonds. The van der Waals surface area contributed by atoms with Crippen molar-refractivity contribution < 1.29 is 0 Å². The van der Waals surface area contributed by atoms with E-state index in [9.17, 15) is 5.26 Å². The summed E-state index contributed by atoms with van der Waals surface area (Å²) in [4.78, 5) is 15.4. The fourth-order valence-electron chi connectivity index (χ4n) is 9.61. The summed E-state index contributed by atoms with van der Waals surface area (Å²) in [6.07, 6.45) is 0. The maximum Gasteiger partial charge on any atom is 0.164 e. The fourth-order valence-corrected chi connectivity index (χ4v) is 9.61. The first-order valence-electron chi connectivity index (χ1n) is 22.2. The molecule has 6 heteroatoms. The van der Waals surface area contributed by atoms with E-state index >= 15 is 0 Å². The Kier molecular flexibility index (Phi) is 9.22. The lowest BCUT2D eigenvalue weighted by molar-refractivity contribution is 1.07. The van der Waals surface area contributed by atoms with Crippen LogP contribution < -0.4 is 0 Å². The van der Waals surface area contributed by atoms with Crippen molar-refractivity contribution in [2.24, 2.45) is 0 Å². The SMILES string of the molecule is Cc1ccc2c(c1)c1ccccc1n2-c1ccc(-c2nc(-c3ccccc3)nc(-c3ccccc3)n2)cc1-c1ccc(-c2cccc(C#N)c2)cc1-n1c2ccccc2c2cc(C)ccc21. The molecule has 12 rings (SSSR count). The molecule has 0 radical (unpaired) electrons. The predicted octanol–water partition coefficient (Wildman–Crippen LogP) is 14.9. The average molecular weight is 845 g/mol. The number of aryl methyl sites for hydroxylation is 2. The minimum atomic E-state index is 0.576. The Hall–Kier alpha value is -8.92. The Labute approximate surface area is 382 Å². The van der Waals surface area contributed by atoms with Crippen molar-refractivity contribution in [3.05, 3.63) is 223 Å². The Morgan fingerprint density at radius 2 is 0.833 bits per heavy atom. The molecule has 0 bridgehead atoms. The van der Waals surface area contributed by atoms with Crippen LogP contribution in [-0.4, -0.2) is 24.1 Å². The van der Waals surface area contributed by atoms with E-state index in [1.165, 1.54) is 32.7 Å². The lowest BCUT2D eigenvalue weighted by atomic mass is 9.94. The van der Waals surface area contributed by atoms with E-state index in [4.69, 9.17) is 15.0 Å². The van der Waals surface area contributed by atoms with Crippen molar-refractivity contribution in [1.29, 1.82) is 5.26 Å². The molecule has 3 aromatic heterocycles. The zero-order valence-electron chi connectivity index (χ0n) is 36.3. The van der Waals surface area contributed by atoms with Gasteiger partial charge in [0.15, 0.2) is 17.5 Å². The van der Waals surface area contributed by atoms with Crippen LogP contribution in [0.4, 0.5) is 0 Å². The molecule has 6 nitrogen and oxygen atoms in total. The predicted molar refractivity (Wildman–Crippen MR) is 270 cm³/mol. The Morgan fingerprint density at radius 1 is 0.348 bits per heavy atom. The molecule has 0 aliphatic rings. The lowest BCUT2D eigenvalue weighted by Gasteiger charge is -2.21. The van der Waals surface area contributed by atoms with Crippen molar-refractivity contribution >= 4 is 43.6 Å². The second-order valence-corrected chi connectivity index (χ2v) is 16.9. The maximum atomic E-state index is 9.97. The number of para-hydroxylation sites is 2. The van der Waals surface area contributed by atoms with Gasteiger partial charge in [-0.25, -0.2) is 15.0 Å². The maximum absolute atomic E-state index is 9.97. The molecular formula is C60H40N6. The summed E-state index contributed by atoms with van der Waals surface area (Å²) in [5, 5.41) is 14.7. The lowest BCUT2D eigenvalue weighted by Crippen LogP contribution is -2.04. The van der Waals surface area contributed by atoms with Gasteiger partial charge in [-0.1, -0.05) is 145 Å². The Morgan fingerprint density at radius 3 is 1.42 bits per heavy atom. The molecule has 0 aliphatic heterocycles. The van der Waals surface area contributed by atoms with Gasteiger partial charge in [0.2, 0.25) is 0 Å². The highest BCUT2D eigenvalue weighted by Crippen LogP contribution is 2.44. The van der Waals surface area contributed by atoms with Crippen LogP contribution in [0.25, 0.3) is 111 Å². The normalized spacial score (nSPS) is 11.5. The van der Waals surface area contributed by atoms with Gasteiger partial charge in [-0.15, -0.1) is 0 Å². The van der Waals surface area contributed by atoms with Gasteiger partial charge in [-0.3, -0.25) is 0 Å². The molecule has 12 aromatic rings. The Balaban J connectivity index is 1.20. The summed E-state index contributed by atoms with van der Waals surface area (Å²) in [6, 6.07) is 74.6. The third-order valence-corrected chi connectivity index (χ3v) is 12.7. The number of hydrogen-bond acceptors (Lipinski definition) is 4. The molecule has 0 aliphatic carbocycles. The van der Waals surface area contributed by atoms with Crippen molar-refractivity contribution in [3.8, 4) is 73.9 Å². The highest BCUT2D eigenvalue weighted by Gasteiger charge is 2.23. The molecule has 0 unspecified atom stereocenters. The van der Waals surface area contributed by atoms with Gasteiger partial charge in [0.1, 0.15) is 0 Å². The molecular weight excluding hydrogens is 805 g/mol. The molecule has 0 saturated carbocycles. The summed E-state index contributed by atoms with van der Waals surface area (Å²) < 4.78 is 4.82. The van der Waals surface area contributed by atoms with Crippen molar-refractivity contribution in [2.75, 3.05) is 0 Å². The van der Waals surface area contributed by atoms with Gasteiger partial charge in [0.05, 0.1) is 45.1 Å². The zero-order chi connectivity index (χ0) is 44.3. The van der Waals surface area contributed by atoms with Gasteiger partial charge < -0.3 is 9.13 Å². The van der Waals surface area contributed by atoms with Crippen LogP contribution in [0.2, 0.25) is 0 Å². The van der Waals surface area contributed by atoms with E-state index in [-0.39, 0.29) is 0 Å². The van der Waals surface area contributed by atoms with Crippen LogP contribution in [0, 0.1) is 25.2 Å². The third-order valence-electron chi connectivity index (χ3n) is 12.7. The molecule has 66 heavy (non-hydrogen) atoms. The number of nitriles is 1. The highest BCUT2D eigenvalue weighted by molar-refractivity contribution is 6.12.